The lowest BCUT2D eigenvalue weighted by Crippen LogP contribution is -2.23. The van der Waals surface area contributed by atoms with Crippen molar-refractivity contribution in [3.63, 3.8) is 0 Å². The molecule has 0 spiro atoms. The minimum Gasteiger partial charge on any atom is -0.370 e. The average Bonchev–Trinajstić information content (AvgIpc) is 2.33. The maximum Gasteiger partial charge on any atom is 0.0540 e. The lowest BCUT2D eigenvalue weighted by molar-refractivity contribution is 0.412. The van der Waals surface area contributed by atoms with Crippen molar-refractivity contribution in [2.75, 3.05) is 6.54 Å². The van der Waals surface area contributed by atoms with Gasteiger partial charge in [-0.25, -0.2) is 0 Å². The molecule has 9 heavy (non-hydrogen) atoms. The number of hydrogen-bond donors (Lipinski definition) is 0. The molecule has 0 aromatic carbocycles. The minimum absolute atomic E-state index is 0.481. The van der Waals surface area contributed by atoms with Gasteiger partial charge in [-0.1, -0.05) is 12.2 Å². The fourth-order valence-corrected chi connectivity index (χ4v) is 1.27. The van der Waals surface area contributed by atoms with Gasteiger partial charge in [0, 0.05) is 13.0 Å². The van der Waals surface area contributed by atoms with E-state index in [2.05, 4.69) is 35.7 Å². The fraction of sp³-hybridized carbons (Fsp3) is 0.375. The van der Waals surface area contributed by atoms with Gasteiger partial charge in [-0.15, -0.1) is 0 Å². The summed E-state index contributed by atoms with van der Waals surface area (Å²) in [5.74, 6) is 0. The van der Waals surface area contributed by atoms with E-state index in [-0.39, 0.29) is 0 Å². The van der Waals surface area contributed by atoms with E-state index >= 15 is 0 Å². The molecule has 0 bridgehead atoms. The number of allylic oxidation sites excluding steroid dienone is 2. The van der Waals surface area contributed by atoms with Crippen LogP contribution in [0.4, 0.5) is 0 Å². The van der Waals surface area contributed by atoms with Gasteiger partial charge in [0.2, 0.25) is 0 Å². The Balaban J connectivity index is 2.18. The van der Waals surface area contributed by atoms with Crippen molar-refractivity contribution in [1.29, 1.82) is 0 Å². The zero-order valence-electron chi connectivity index (χ0n) is 5.25. The normalized spacial score (nSPS) is 31.1. The number of nitrogens with zero attached hydrogens (tertiary/aromatic N) is 1. The molecule has 2 aliphatic rings. The van der Waals surface area contributed by atoms with E-state index in [1.54, 1.807) is 0 Å². The predicted molar refractivity (Wildman–Crippen MR) is 36.6 cm³/mol. The number of hydrogen-bond acceptors (Lipinski definition) is 1. The quantitative estimate of drug-likeness (QED) is 0.463. The highest BCUT2D eigenvalue weighted by molar-refractivity contribution is 5.19. The topological polar surface area (TPSA) is 3.24 Å². The van der Waals surface area contributed by atoms with E-state index in [0.717, 1.165) is 13.0 Å². The first-order valence-corrected chi connectivity index (χ1v) is 3.31. The Morgan fingerprint density at radius 1 is 1.44 bits per heavy atom. The van der Waals surface area contributed by atoms with Gasteiger partial charge in [0.1, 0.15) is 0 Å². The second-order valence-corrected chi connectivity index (χ2v) is 2.36. The maximum absolute atomic E-state index is 3.35. The Morgan fingerprint density at radius 3 is 3.33 bits per heavy atom. The molecule has 1 saturated heterocycles. The Kier molecular flexibility index (Phi) is 1.08. The molecule has 0 N–H and O–H groups in total. The summed E-state index contributed by atoms with van der Waals surface area (Å²) in [7, 11) is 0. The van der Waals surface area contributed by atoms with E-state index < -0.39 is 0 Å². The molecule has 0 aromatic heterocycles. The van der Waals surface area contributed by atoms with Gasteiger partial charge in [-0.05, 0) is 18.7 Å². The molecule has 2 aliphatic heterocycles. The summed E-state index contributed by atoms with van der Waals surface area (Å²) in [4.78, 5) is 2.29. The summed E-state index contributed by atoms with van der Waals surface area (Å²) in [6.07, 6.45) is 12.9. The summed E-state index contributed by atoms with van der Waals surface area (Å²) in [6.45, 7) is 1.14. The molecule has 2 rings (SSSR count). The van der Waals surface area contributed by atoms with E-state index in [1.807, 2.05) is 0 Å². The lowest BCUT2D eigenvalue weighted by Gasteiger charge is -2.20. The molecule has 1 nitrogen and oxygen atoms in total. The van der Waals surface area contributed by atoms with Crippen LogP contribution in [0.5, 0.6) is 0 Å². The lowest BCUT2D eigenvalue weighted by atomic mass is 10.2. The molecule has 0 aromatic rings. The van der Waals surface area contributed by atoms with E-state index in [1.165, 1.54) is 0 Å². The van der Waals surface area contributed by atoms with Crippen molar-refractivity contribution in [3.05, 3.63) is 30.8 Å². The van der Waals surface area contributed by atoms with Crippen molar-refractivity contribution in [3.8, 4) is 0 Å². The van der Waals surface area contributed by atoms with E-state index in [9.17, 15) is 0 Å². The largest absolute Gasteiger partial charge is 0.370 e. The van der Waals surface area contributed by atoms with Crippen LogP contribution in [-0.2, 0) is 0 Å². The van der Waals surface area contributed by atoms with Gasteiger partial charge < -0.3 is 4.90 Å². The van der Waals surface area contributed by atoms with Crippen molar-refractivity contribution >= 4 is 0 Å². The predicted octanol–water partition coefficient (Wildman–Crippen LogP) is 1.23. The SMILES string of the molecule is [C]1CCN2C=CC=CC12. The van der Waals surface area contributed by atoms with Gasteiger partial charge >= 0.3 is 0 Å². The number of fused-ring (bicyclic) bond motifs is 1. The molecule has 0 amide bonds. The molecule has 1 unspecified atom stereocenters. The number of rotatable bonds is 0. The molecule has 0 aliphatic carbocycles. The summed E-state index contributed by atoms with van der Waals surface area (Å²) in [6, 6.07) is 0.481. The smallest absolute Gasteiger partial charge is 0.0540 e. The maximum atomic E-state index is 3.35. The summed E-state index contributed by atoms with van der Waals surface area (Å²) >= 11 is 0. The van der Waals surface area contributed by atoms with E-state index in [0.29, 0.717) is 6.04 Å². The summed E-state index contributed by atoms with van der Waals surface area (Å²) in [5, 5.41) is 0. The van der Waals surface area contributed by atoms with Crippen LogP contribution in [-0.4, -0.2) is 17.5 Å². The van der Waals surface area contributed by atoms with Crippen LogP contribution in [0.1, 0.15) is 6.42 Å². The zero-order valence-corrected chi connectivity index (χ0v) is 5.25. The molecule has 2 radical (unpaired) electrons. The molecule has 46 valence electrons. The third-order valence-corrected chi connectivity index (χ3v) is 1.76. The van der Waals surface area contributed by atoms with Gasteiger partial charge in [-0.2, -0.15) is 0 Å². The molecule has 1 heteroatoms. The van der Waals surface area contributed by atoms with Crippen LogP contribution >= 0.6 is 0 Å². The standard InChI is InChI=1S/C8H9N/c1-2-6-9-7-3-5-8(9)4-1/h1-2,4,6,8H,3,7H2. The highest BCUT2D eigenvalue weighted by atomic mass is 15.2. The first kappa shape index (κ1) is 5.10. The summed E-state index contributed by atoms with van der Waals surface area (Å²) in [5.41, 5.74) is 0. The van der Waals surface area contributed by atoms with Crippen molar-refractivity contribution in [2.24, 2.45) is 0 Å². The minimum atomic E-state index is 0.481. The Hall–Kier alpha value is -0.720. The molecular formula is C8H9N. The average molecular weight is 119 g/mol. The fourth-order valence-electron chi connectivity index (χ4n) is 1.27. The first-order valence-electron chi connectivity index (χ1n) is 3.31. The highest BCUT2D eigenvalue weighted by Gasteiger charge is 2.20. The van der Waals surface area contributed by atoms with Gasteiger partial charge in [0.15, 0.2) is 0 Å². The van der Waals surface area contributed by atoms with Crippen LogP contribution in [0.15, 0.2) is 24.4 Å². The van der Waals surface area contributed by atoms with Crippen LogP contribution in [0, 0.1) is 6.42 Å². The third-order valence-electron chi connectivity index (χ3n) is 1.76. The Labute approximate surface area is 55.7 Å². The van der Waals surface area contributed by atoms with Crippen molar-refractivity contribution < 1.29 is 0 Å². The highest BCUT2D eigenvalue weighted by Crippen LogP contribution is 2.19. The first-order chi connectivity index (χ1) is 4.47. The van der Waals surface area contributed by atoms with Gasteiger partial charge in [0.25, 0.3) is 0 Å². The van der Waals surface area contributed by atoms with Crippen LogP contribution in [0.25, 0.3) is 0 Å². The molecular weight excluding hydrogens is 110 g/mol. The Bertz CT molecular complexity index is 140. The van der Waals surface area contributed by atoms with Crippen LogP contribution in [0.2, 0.25) is 0 Å². The monoisotopic (exact) mass is 119 g/mol. The van der Waals surface area contributed by atoms with E-state index in [4.69, 9.17) is 0 Å². The zero-order chi connectivity index (χ0) is 6.10. The second kappa shape index (κ2) is 1.90. The van der Waals surface area contributed by atoms with Gasteiger partial charge in [-0.3, -0.25) is 0 Å². The van der Waals surface area contributed by atoms with Crippen LogP contribution < -0.4 is 0 Å². The van der Waals surface area contributed by atoms with Crippen LogP contribution in [0.3, 0.4) is 0 Å². The second-order valence-electron chi connectivity index (χ2n) is 2.36. The molecule has 1 fully saturated rings. The van der Waals surface area contributed by atoms with Crippen molar-refractivity contribution in [1.82, 2.24) is 4.90 Å². The molecule has 0 saturated carbocycles. The third kappa shape index (κ3) is 0.766. The molecule has 1 atom stereocenters. The summed E-state index contributed by atoms with van der Waals surface area (Å²) < 4.78 is 0. The Morgan fingerprint density at radius 2 is 2.44 bits per heavy atom. The van der Waals surface area contributed by atoms with Crippen molar-refractivity contribution in [2.45, 2.75) is 12.5 Å². The molecule has 2 heterocycles. The van der Waals surface area contributed by atoms with Gasteiger partial charge in [0.05, 0.1) is 6.04 Å².